The minimum Gasteiger partial charge on any atom is -0.395 e. The van der Waals surface area contributed by atoms with Gasteiger partial charge in [0.25, 0.3) is 0 Å². The van der Waals surface area contributed by atoms with Crippen molar-refractivity contribution < 1.29 is 14.3 Å². The zero-order chi connectivity index (χ0) is 13.1. The van der Waals surface area contributed by atoms with E-state index in [4.69, 9.17) is 5.11 Å². The molecule has 3 nitrogen and oxygen atoms in total. The summed E-state index contributed by atoms with van der Waals surface area (Å²) in [6.45, 7) is 1.82. The van der Waals surface area contributed by atoms with Crippen LogP contribution in [0.1, 0.15) is 36.5 Å². The van der Waals surface area contributed by atoms with Crippen molar-refractivity contribution in [2.24, 2.45) is 0 Å². The molecule has 1 N–H and O–H groups in total. The van der Waals surface area contributed by atoms with E-state index in [9.17, 15) is 9.18 Å². The van der Waals surface area contributed by atoms with E-state index in [2.05, 4.69) is 0 Å². The van der Waals surface area contributed by atoms with Crippen LogP contribution in [-0.2, 0) is 0 Å². The summed E-state index contributed by atoms with van der Waals surface area (Å²) in [5.41, 5.74) is 0.749. The van der Waals surface area contributed by atoms with E-state index in [0.29, 0.717) is 18.3 Å². The van der Waals surface area contributed by atoms with Crippen molar-refractivity contribution in [3.05, 3.63) is 29.6 Å². The van der Waals surface area contributed by atoms with Crippen molar-refractivity contribution in [1.29, 1.82) is 0 Å². The van der Waals surface area contributed by atoms with E-state index < -0.39 is 5.82 Å². The molecule has 1 saturated carbocycles. The van der Waals surface area contributed by atoms with Gasteiger partial charge in [-0.2, -0.15) is 0 Å². The van der Waals surface area contributed by atoms with Gasteiger partial charge >= 0.3 is 0 Å². The Morgan fingerprint density at radius 1 is 1.50 bits per heavy atom. The molecule has 0 heterocycles. The lowest BCUT2D eigenvalue weighted by molar-refractivity contribution is 0.101. The van der Waals surface area contributed by atoms with Gasteiger partial charge in [-0.15, -0.1) is 0 Å². The van der Waals surface area contributed by atoms with E-state index in [1.165, 1.54) is 13.0 Å². The highest BCUT2D eigenvalue weighted by atomic mass is 19.1. The van der Waals surface area contributed by atoms with E-state index in [1.54, 1.807) is 12.1 Å². The van der Waals surface area contributed by atoms with Gasteiger partial charge in [-0.1, -0.05) is 6.07 Å². The highest BCUT2D eigenvalue weighted by Gasteiger charge is 2.28. The first-order valence-corrected chi connectivity index (χ1v) is 6.32. The van der Waals surface area contributed by atoms with Gasteiger partial charge in [-0.05, 0) is 38.3 Å². The number of nitrogens with zero attached hydrogens (tertiary/aromatic N) is 1. The monoisotopic (exact) mass is 251 g/mol. The zero-order valence-electron chi connectivity index (χ0n) is 10.5. The molecule has 0 aromatic heterocycles. The molecule has 1 aliphatic rings. The fourth-order valence-electron chi connectivity index (χ4n) is 2.41. The van der Waals surface area contributed by atoms with Gasteiger partial charge in [0.15, 0.2) is 5.78 Å². The van der Waals surface area contributed by atoms with Crippen LogP contribution in [0.4, 0.5) is 10.1 Å². The standard InChI is InChI=1S/C14H18FNO2/c1-10(18)14-12(15)6-3-7-13(14)16(8-9-17)11-4-2-5-11/h3,6-7,11,17H,2,4-5,8-9H2,1H3. The summed E-state index contributed by atoms with van der Waals surface area (Å²) >= 11 is 0. The molecule has 0 aliphatic heterocycles. The number of hydrogen-bond acceptors (Lipinski definition) is 3. The Labute approximate surface area is 106 Å². The first-order valence-electron chi connectivity index (χ1n) is 6.32. The van der Waals surface area contributed by atoms with Gasteiger partial charge in [0.1, 0.15) is 5.82 Å². The molecule has 0 bridgehead atoms. The molecule has 0 amide bonds. The van der Waals surface area contributed by atoms with Crippen LogP contribution in [0.15, 0.2) is 18.2 Å². The van der Waals surface area contributed by atoms with Crippen LogP contribution in [0, 0.1) is 5.82 Å². The van der Waals surface area contributed by atoms with Gasteiger partial charge in [-0.3, -0.25) is 4.79 Å². The van der Waals surface area contributed by atoms with E-state index in [-0.39, 0.29) is 18.0 Å². The molecule has 98 valence electrons. The molecular weight excluding hydrogens is 233 g/mol. The summed E-state index contributed by atoms with van der Waals surface area (Å²) in [5.74, 6) is -0.757. The van der Waals surface area contributed by atoms with E-state index >= 15 is 0 Å². The minimum atomic E-state index is -0.484. The van der Waals surface area contributed by atoms with Crippen LogP contribution in [0.2, 0.25) is 0 Å². The molecule has 18 heavy (non-hydrogen) atoms. The normalized spacial score (nSPS) is 15.3. The van der Waals surface area contributed by atoms with Gasteiger partial charge in [0, 0.05) is 12.6 Å². The summed E-state index contributed by atoms with van der Waals surface area (Å²) in [6.07, 6.45) is 3.22. The summed E-state index contributed by atoms with van der Waals surface area (Å²) in [5, 5.41) is 9.14. The average Bonchev–Trinajstić information content (AvgIpc) is 2.25. The summed E-state index contributed by atoms with van der Waals surface area (Å²) in [4.78, 5) is 13.6. The van der Waals surface area contributed by atoms with Gasteiger partial charge < -0.3 is 10.0 Å². The molecule has 0 spiro atoms. The topological polar surface area (TPSA) is 40.5 Å². The number of Topliss-reactive ketones (excluding diaryl/α,β-unsaturated/α-hetero) is 1. The number of carbonyl (C=O) groups excluding carboxylic acids is 1. The zero-order valence-corrected chi connectivity index (χ0v) is 10.5. The number of aliphatic hydroxyl groups is 1. The van der Waals surface area contributed by atoms with Crippen molar-refractivity contribution in [2.45, 2.75) is 32.2 Å². The largest absolute Gasteiger partial charge is 0.395 e. The predicted molar refractivity (Wildman–Crippen MR) is 68.5 cm³/mol. The first-order chi connectivity index (χ1) is 8.65. The van der Waals surface area contributed by atoms with Crippen LogP contribution in [-0.4, -0.2) is 30.1 Å². The Hall–Kier alpha value is -1.42. The Balaban J connectivity index is 2.39. The van der Waals surface area contributed by atoms with Gasteiger partial charge in [-0.25, -0.2) is 4.39 Å². The molecule has 1 fully saturated rings. The molecule has 1 aromatic carbocycles. The molecule has 4 heteroatoms. The summed E-state index contributed by atoms with van der Waals surface area (Å²) in [7, 11) is 0. The van der Waals surface area contributed by atoms with Crippen LogP contribution < -0.4 is 4.90 Å². The number of rotatable bonds is 5. The molecule has 0 unspecified atom stereocenters. The lowest BCUT2D eigenvalue weighted by Crippen LogP contribution is -2.42. The summed E-state index contributed by atoms with van der Waals surface area (Å²) < 4.78 is 13.8. The molecule has 0 radical (unpaired) electrons. The molecule has 1 aliphatic carbocycles. The molecule has 0 atom stereocenters. The third-order valence-corrected chi connectivity index (χ3v) is 3.51. The number of hydrogen-bond donors (Lipinski definition) is 1. The Morgan fingerprint density at radius 2 is 2.22 bits per heavy atom. The van der Waals surface area contributed by atoms with E-state index in [1.807, 2.05) is 4.90 Å². The molecule has 2 rings (SSSR count). The highest BCUT2D eigenvalue weighted by molar-refractivity contribution is 6.00. The maximum Gasteiger partial charge on any atom is 0.164 e. The summed E-state index contributed by atoms with van der Waals surface area (Å²) in [6, 6.07) is 4.99. The van der Waals surface area contributed by atoms with E-state index in [0.717, 1.165) is 19.3 Å². The maximum atomic E-state index is 13.8. The Morgan fingerprint density at radius 3 is 2.72 bits per heavy atom. The lowest BCUT2D eigenvalue weighted by atomic mass is 9.90. The number of halogens is 1. The maximum absolute atomic E-state index is 13.8. The molecular formula is C14H18FNO2. The second-order valence-electron chi connectivity index (χ2n) is 4.69. The molecule has 1 aromatic rings. The van der Waals surface area contributed by atoms with Crippen molar-refractivity contribution in [1.82, 2.24) is 0 Å². The van der Waals surface area contributed by atoms with Crippen LogP contribution in [0.5, 0.6) is 0 Å². The first kappa shape index (κ1) is 13.0. The van der Waals surface area contributed by atoms with Crippen molar-refractivity contribution in [3.63, 3.8) is 0 Å². The predicted octanol–water partition coefficient (Wildman–Crippen LogP) is 2.38. The fourth-order valence-corrected chi connectivity index (χ4v) is 2.41. The third kappa shape index (κ3) is 2.38. The van der Waals surface area contributed by atoms with Gasteiger partial charge in [0.2, 0.25) is 0 Å². The van der Waals surface area contributed by atoms with Crippen LogP contribution in [0.3, 0.4) is 0 Å². The quantitative estimate of drug-likeness (QED) is 0.817. The number of anilines is 1. The number of benzene rings is 1. The number of carbonyl (C=O) groups is 1. The second-order valence-corrected chi connectivity index (χ2v) is 4.69. The lowest BCUT2D eigenvalue weighted by Gasteiger charge is -2.39. The van der Waals surface area contributed by atoms with Crippen LogP contribution in [0.25, 0.3) is 0 Å². The van der Waals surface area contributed by atoms with Crippen molar-refractivity contribution >= 4 is 11.5 Å². The number of aliphatic hydroxyl groups excluding tert-OH is 1. The van der Waals surface area contributed by atoms with Crippen molar-refractivity contribution in [3.8, 4) is 0 Å². The highest BCUT2D eigenvalue weighted by Crippen LogP contribution is 2.32. The van der Waals surface area contributed by atoms with Crippen LogP contribution >= 0.6 is 0 Å². The number of ketones is 1. The molecule has 0 saturated heterocycles. The van der Waals surface area contributed by atoms with Crippen molar-refractivity contribution in [2.75, 3.05) is 18.1 Å². The Kier molecular flexibility index (Phi) is 3.97. The minimum absolute atomic E-state index is 0.00432. The fraction of sp³-hybridized carbons (Fsp3) is 0.500. The third-order valence-electron chi connectivity index (χ3n) is 3.51. The average molecular weight is 251 g/mol. The second kappa shape index (κ2) is 5.48. The van der Waals surface area contributed by atoms with Gasteiger partial charge in [0.05, 0.1) is 17.9 Å². The Bertz CT molecular complexity index is 443. The smallest absolute Gasteiger partial charge is 0.164 e. The SMILES string of the molecule is CC(=O)c1c(F)cccc1N(CCO)C1CCC1.